The third-order valence-electron chi connectivity index (χ3n) is 4.32. The molecule has 0 aliphatic carbocycles. The van der Waals surface area contributed by atoms with Crippen molar-refractivity contribution in [3.63, 3.8) is 0 Å². The Morgan fingerprint density at radius 3 is 2.59 bits per heavy atom. The second kappa shape index (κ2) is 8.73. The Labute approximate surface area is 169 Å². The molecule has 0 saturated carbocycles. The summed E-state index contributed by atoms with van der Waals surface area (Å²) in [5.74, 6) is 0.139. The maximum absolute atomic E-state index is 14.1. The summed E-state index contributed by atoms with van der Waals surface area (Å²) in [7, 11) is 0. The number of nitrogens with zero attached hydrogens (tertiary/aromatic N) is 1. The molecule has 0 radical (unpaired) electrons. The van der Waals surface area contributed by atoms with E-state index < -0.39 is 11.8 Å². The van der Waals surface area contributed by atoms with Crippen LogP contribution in [0.4, 0.5) is 20.6 Å². The molecule has 0 aliphatic rings. The topological polar surface area (TPSA) is 63.2 Å². The largest absolute Gasteiger partial charge is 0.487 e. The van der Waals surface area contributed by atoms with Gasteiger partial charge >= 0.3 is 6.03 Å². The second-order valence-electron chi connectivity index (χ2n) is 7.66. The molecule has 5 nitrogen and oxygen atoms in total. The summed E-state index contributed by atoms with van der Waals surface area (Å²) in [6.45, 7) is 6.28. The van der Waals surface area contributed by atoms with Crippen molar-refractivity contribution in [2.75, 3.05) is 10.6 Å². The molecule has 2 aromatic carbocycles. The van der Waals surface area contributed by atoms with Crippen molar-refractivity contribution in [3.05, 3.63) is 83.9 Å². The zero-order valence-corrected chi connectivity index (χ0v) is 16.7. The first kappa shape index (κ1) is 20.3. The molecular formula is C23H24FN3O2. The van der Waals surface area contributed by atoms with E-state index in [1.54, 1.807) is 30.6 Å². The molecule has 6 heteroatoms. The van der Waals surface area contributed by atoms with Gasteiger partial charge in [0.05, 0.1) is 6.20 Å². The minimum absolute atomic E-state index is 0.0293. The number of nitrogens with one attached hydrogen (secondary N) is 2. The minimum atomic E-state index is -0.405. The predicted octanol–water partition coefficient (Wildman–Crippen LogP) is 5.74. The molecule has 0 saturated heterocycles. The molecule has 1 heterocycles. The number of carbonyl (C=O) groups excluding carboxylic acids is 1. The van der Waals surface area contributed by atoms with E-state index in [0.29, 0.717) is 17.0 Å². The van der Waals surface area contributed by atoms with Crippen LogP contribution < -0.4 is 15.4 Å². The summed E-state index contributed by atoms with van der Waals surface area (Å²) in [6, 6.07) is 15.1. The summed E-state index contributed by atoms with van der Waals surface area (Å²) in [5.41, 5.74) is 2.46. The van der Waals surface area contributed by atoms with Crippen molar-refractivity contribution in [3.8, 4) is 5.75 Å². The zero-order valence-electron chi connectivity index (χ0n) is 16.7. The first-order chi connectivity index (χ1) is 13.8. The van der Waals surface area contributed by atoms with Gasteiger partial charge in [0, 0.05) is 23.1 Å². The first-order valence-electron chi connectivity index (χ1n) is 9.32. The Kier molecular flexibility index (Phi) is 6.12. The quantitative estimate of drug-likeness (QED) is 0.581. The number of hydrogen-bond donors (Lipinski definition) is 2. The van der Waals surface area contributed by atoms with Gasteiger partial charge < -0.3 is 15.4 Å². The third kappa shape index (κ3) is 5.54. The fourth-order valence-electron chi connectivity index (χ4n) is 2.89. The van der Waals surface area contributed by atoms with E-state index in [1.807, 2.05) is 24.3 Å². The van der Waals surface area contributed by atoms with Gasteiger partial charge in [0.2, 0.25) is 0 Å². The third-order valence-corrected chi connectivity index (χ3v) is 4.32. The van der Waals surface area contributed by atoms with Gasteiger partial charge in [0.1, 0.15) is 18.2 Å². The molecule has 2 amide bonds. The number of halogens is 1. The Balaban J connectivity index is 1.68. The van der Waals surface area contributed by atoms with Gasteiger partial charge in [-0.2, -0.15) is 0 Å². The van der Waals surface area contributed by atoms with Crippen LogP contribution in [-0.2, 0) is 12.0 Å². The Bertz CT molecular complexity index is 985. The van der Waals surface area contributed by atoms with Crippen molar-refractivity contribution in [2.24, 2.45) is 0 Å². The van der Waals surface area contributed by atoms with Gasteiger partial charge in [0.25, 0.3) is 0 Å². The van der Waals surface area contributed by atoms with Crippen molar-refractivity contribution < 1.29 is 13.9 Å². The van der Waals surface area contributed by atoms with Gasteiger partial charge in [-0.05, 0) is 47.4 Å². The lowest BCUT2D eigenvalue weighted by atomic mass is 9.86. The molecule has 0 unspecified atom stereocenters. The van der Waals surface area contributed by atoms with E-state index in [-0.39, 0.29) is 12.0 Å². The molecule has 2 N–H and O–H groups in total. The van der Waals surface area contributed by atoms with Crippen molar-refractivity contribution in [1.29, 1.82) is 0 Å². The summed E-state index contributed by atoms with van der Waals surface area (Å²) < 4.78 is 19.7. The van der Waals surface area contributed by atoms with Gasteiger partial charge in [0.15, 0.2) is 0 Å². The molecule has 0 atom stereocenters. The highest BCUT2D eigenvalue weighted by molar-refractivity contribution is 6.00. The van der Waals surface area contributed by atoms with Crippen LogP contribution in [0.5, 0.6) is 5.75 Å². The fraction of sp³-hybridized carbons (Fsp3) is 0.217. The van der Waals surface area contributed by atoms with Crippen LogP contribution in [0.3, 0.4) is 0 Å². The van der Waals surface area contributed by atoms with Gasteiger partial charge in [-0.15, -0.1) is 0 Å². The van der Waals surface area contributed by atoms with Crippen molar-refractivity contribution >= 4 is 17.4 Å². The highest BCUT2D eigenvalue weighted by Crippen LogP contribution is 2.29. The van der Waals surface area contributed by atoms with Gasteiger partial charge in [-0.3, -0.25) is 4.98 Å². The second-order valence-corrected chi connectivity index (χ2v) is 7.66. The van der Waals surface area contributed by atoms with E-state index in [2.05, 4.69) is 36.4 Å². The van der Waals surface area contributed by atoms with Crippen LogP contribution in [0.2, 0.25) is 0 Å². The molecule has 150 valence electrons. The normalized spacial score (nSPS) is 11.0. The average Bonchev–Trinajstić information content (AvgIpc) is 2.69. The number of aromatic nitrogens is 1. The van der Waals surface area contributed by atoms with Gasteiger partial charge in [-0.25, -0.2) is 9.18 Å². The maximum atomic E-state index is 14.1. The number of pyridine rings is 1. The molecule has 3 rings (SSSR count). The number of para-hydroxylation sites is 1. The molecule has 0 fully saturated rings. The van der Waals surface area contributed by atoms with Crippen LogP contribution in [-0.4, -0.2) is 11.0 Å². The van der Waals surface area contributed by atoms with E-state index in [1.165, 1.54) is 12.1 Å². The van der Waals surface area contributed by atoms with Crippen molar-refractivity contribution in [2.45, 2.75) is 32.8 Å². The lowest BCUT2D eigenvalue weighted by Crippen LogP contribution is -2.23. The fourth-order valence-corrected chi connectivity index (χ4v) is 2.89. The first-order valence-corrected chi connectivity index (χ1v) is 9.32. The van der Waals surface area contributed by atoms with E-state index in [4.69, 9.17) is 4.74 Å². The van der Waals surface area contributed by atoms with E-state index in [0.717, 1.165) is 11.3 Å². The smallest absolute Gasteiger partial charge is 0.323 e. The summed E-state index contributed by atoms with van der Waals surface area (Å²) in [4.78, 5) is 16.4. The average molecular weight is 393 g/mol. The standard InChI is InChI=1S/C23H24FN3O2/c1-23(2,3)19-8-4-5-9-21(19)27-22(28)26-17-10-11-20(24)16(13-17)15-29-18-7-6-12-25-14-18/h4-14H,15H2,1-3H3,(H2,26,27,28). The van der Waals surface area contributed by atoms with E-state index in [9.17, 15) is 9.18 Å². The van der Waals surface area contributed by atoms with Crippen molar-refractivity contribution in [1.82, 2.24) is 4.98 Å². The summed E-state index contributed by atoms with van der Waals surface area (Å²) >= 11 is 0. The molecule has 0 aliphatic heterocycles. The Morgan fingerprint density at radius 2 is 1.86 bits per heavy atom. The zero-order chi connectivity index (χ0) is 20.9. The van der Waals surface area contributed by atoms with Crippen LogP contribution in [0.25, 0.3) is 0 Å². The SMILES string of the molecule is CC(C)(C)c1ccccc1NC(=O)Nc1ccc(F)c(COc2cccnc2)c1. The highest BCUT2D eigenvalue weighted by atomic mass is 19.1. The molecule has 3 aromatic rings. The van der Waals surface area contributed by atoms with Crippen LogP contribution in [0.1, 0.15) is 31.9 Å². The van der Waals surface area contributed by atoms with Crippen LogP contribution >= 0.6 is 0 Å². The Hall–Kier alpha value is -3.41. The molecular weight excluding hydrogens is 369 g/mol. The summed E-state index contributed by atoms with van der Waals surface area (Å²) in [5, 5.41) is 5.62. The minimum Gasteiger partial charge on any atom is -0.487 e. The maximum Gasteiger partial charge on any atom is 0.323 e. The predicted molar refractivity (Wildman–Crippen MR) is 113 cm³/mol. The monoisotopic (exact) mass is 393 g/mol. The van der Waals surface area contributed by atoms with Crippen LogP contribution in [0, 0.1) is 5.82 Å². The molecule has 1 aromatic heterocycles. The number of benzene rings is 2. The summed E-state index contributed by atoms with van der Waals surface area (Å²) in [6.07, 6.45) is 3.19. The Morgan fingerprint density at radius 1 is 1.07 bits per heavy atom. The number of carbonyl (C=O) groups is 1. The molecule has 0 spiro atoms. The molecule has 29 heavy (non-hydrogen) atoms. The molecule has 0 bridgehead atoms. The number of rotatable bonds is 5. The number of anilines is 2. The number of urea groups is 1. The lowest BCUT2D eigenvalue weighted by Gasteiger charge is -2.23. The van der Waals surface area contributed by atoms with Crippen LogP contribution in [0.15, 0.2) is 67.0 Å². The lowest BCUT2D eigenvalue weighted by molar-refractivity contribution is 0.262. The van der Waals surface area contributed by atoms with Gasteiger partial charge in [-0.1, -0.05) is 39.0 Å². The highest BCUT2D eigenvalue weighted by Gasteiger charge is 2.18. The number of amides is 2. The number of hydrogen-bond acceptors (Lipinski definition) is 3. The van der Waals surface area contributed by atoms with E-state index >= 15 is 0 Å². The number of ether oxygens (including phenoxy) is 1.